The summed E-state index contributed by atoms with van der Waals surface area (Å²) in [7, 11) is 0. The highest BCUT2D eigenvalue weighted by molar-refractivity contribution is 7.80. The summed E-state index contributed by atoms with van der Waals surface area (Å²) in [5, 5.41) is 8.43. The maximum Gasteiger partial charge on any atom is 0.320 e. The summed E-state index contributed by atoms with van der Waals surface area (Å²) < 4.78 is 0. The molecule has 0 radical (unpaired) electrons. The van der Waals surface area contributed by atoms with Gasteiger partial charge in [0, 0.05) is 0 Å². The summed E-state index contributed by atoms with van der Waals surface area (Å²) in [6.07, 6.45) is 1.63. The molecule has 0 aromatic rings. The van der Waals surface area contributed by atoms with Gasteiger partial charge in [0.05, 0.1) is 0 Å². The maximum absolute atomic E-state index is 10.3. The summed E-state index contributed by atoms with van der Waals surface area (Å²) >= 11 is 4.93. The van der Waals surface area contributed by atoms with E-state index in [0.717, 1.165) is 4.86 Å². The van der Waals surface area contributed by atoms with Crippen LogP contribution in [0.25, 0.3) is 0 Å². The first kappa shape index (κ1) is 11.5. The Hall–Kier alpha value is -0.520. The Balaban J connectivity index is 3.54. The fourth-order valence-corrected chi connectivity index (χ4v) is 0.962. The number of hydrogen-bond acceptors (Lipinski definition) is 4. The van der Waals surface area contributed by atoms with Crippen molar-refractivity contribution >= 4 is 23.1 Å². The summed E-state index contributed by atoms with van der Waals surface area (Å²) in [4.78, 5) is 11.1. The molecule has 0 fully saturated rings. The third-order valence-corrected chi connectivity index (χ3v) is 1.88. The first-order chi connectivity index (χ1) is 5.57. The van der Waals surface area contributed by atoms with Crippen LogP contribution in [0.5, 0.6) is 0 Å². The molecule has 0 aliphatic heterocycles. The van der Waals surface area contributed by atoms with Crippen LogP contribution in [0.4, 0.5) is 0 Å². The molecule has 0 aromatic carbocycles. The second kappa shape index (κ2) is 6.05. The van der Waals surface area contributed by atoms with E-state index in [0.29, 0.717) is 25.8 Å². The summed E-state index contributed by atoms with van der Waals surface area (Å²) in [6, 6.07) is -0.805. The predicted octanol–water partition coefficient (Wildman–Crippen LogP) is -0.103. The number of carboxylic acids is 1. The molecule has 12 heavy (non-hydrogen) atoms. The largest absolute Gasteiger partial charge is 0.480 e. The fraction of sp³-hybridized carbons (Fsp3) is 0.714. The number of carbonyl (C=O) groups is 1. The van der Waals surface area contributed by atoms with Crippen LogP contribution in [0.2, 0.25) is 0 Å². The molecule has 0 rings (SSSR count). The third kappa shape index (κ3) is 5.17. The zero-order chi connectivity index (χ0) is 9.56. The zero-order valence-electron chi connectivity index (χ0n) is 6.82. The number of hydrogen-bond donors (Lipinski definition) is 3. The first-order valence-electron chi connectivity index (χ1n) is 3.78. The van der Waals surface area contributed by atoms with E-state index in [2.05, 4.69) is 0 Å². The van der Waals surface area contributed by atoms with E-state index in [9.17, 15) is 4.79 Å². The normalized spacial score (nSPS) is 12.5. The molecule has 0 amide bonds. The highest BCUT2D eigenvalue weighted by Gasteiger charge is 2.11. The van der Waals surface area contributed by atoms with E-state index in [-0.39, 0.29) is 0 Å². The molecular weight excluding hydrogens is 176 g/mol. The smallest absolute Gasteiger partial charge is 0.320 e. The number of carboxylic acid groups (broad SMARTS) is 1. The molecule has 0 aliphatic rings. The number of rotatable bonds is 6. The van der Waals surface area contributed by atoms with Crippen molar-refractivity contribution in [2.75, 3.05) is 6.54 Å². The van der Waals surface area contributed by atoms with Crippen LogP contribution in [-0.4, -0.2) is 28.5 Å². The highest BCUT2D eigenvalue weighted by Crippen LogP contribution is 2.00. The number of thiocarbonyl (C=S) groups is 1. The maximum atomic E-state index is 10.3. The molecule has 70 valence electrons. The SMILES string of the molecule is NCCC(=S)CC[C@@H](N)C(=O)O. The molecule has 1 atom stereocenters. The average molecular weight is 190 g/mol. The van der Waals surface area contributed by atoms with Crippen LogP contribution in [0, 0.1) is 0 Å². The van der Waals surface area contributed by atoms with Crippen molar-refractivity contribution in [2.24, 2.45) is 11.5 Å². The lowest BCUT2D eigenvalue weighted by Gasteiger charge is -2.05. The standard InChI is InChI=1S/C7H14N2O2S/c8-4-3-5(12)1-2-6(9)7(10)11/h6H,1-4,8-9H2,(H,10,11)/t6-/m1/s1. The molecule has 0 aliphatic carbocycles. The second-order valence-corrected chi connectivity index (χ2v) is 3.14. The minimum atomic E-state index is -0.981. The van der Waals surface area contributed by atoms with Gasteiger partial charge in [-0.25, -0.2) is 0 Å². The molecule has 4 nitrogen and oxygen atoms in total. The Morgan fingerprint density at radius 2 is 2.08 bits per heavy atom. The van der Waals surface area contributed by atoms with Gasteiger partial charge in [0.15, 0.2) is 0 Å². The van der Waals surface area contributed by atoms with E-state index < -0.39 is 12.0 Å². The van der Waals surface area contributed by atoms with Crippen LogP contribution < -0.4 is 11.5 Å². The second-order valence-electron chi connectivity index (χ2n) is 2.56. The third-order valence-electron chi connectivity index (χ3n) is 1.47. The highest BCUT2D eigenvalue weighted by atomic mass is 32.1. The zero-order valence-corrected chi connectivity index (χ0v) is 7.64. The molecule has 0 aromatic heterocycles. The van der Waals surface area contributed by atoms with Gasteiger partial charge < -0.3 is 16.6 Å². The quantitative estimate of drug-likeness (QED) is 0.509. The van der Waals surface area contributed by atoms with E-state index in [4.69, 9.17) is 28.8 Å². The van der Waals surface area contributed by atoms with E-state index >= 15 is 0 Å². The van der Waals surface area contributed by atoms with Crippen LogP contribution >= 0.6 is 12.2 Å². The molecule has 0 bridgehead atoms. The lowest BCUT2D eigenvalue weighted by molar-refractivity contribution is -0.138. The van der Waals surface area contributed by atoms with Gasteiger partial charge >= 0.3 is 5.97 Å². The van der Waals surface area contributed by atoms with Crippen LogP contribution in [0.1, 0.15) is 19.3 Å². The van der Waals surface area contributed by atoms with E-state index in [1.807, 2.05) is 0 Å². The van der Waals surface area contributed by atoms with Crippen molar-refractivity contribution < 1.29 is 9.90 Å². The fourth-order valence-electron chi connectivity index (χ4n) is 0.726. The van der Waals surface area contributed by atoms with Gasteiger partial charge in [-0.2, -0.15) is 0 Å². The monoisotopic (exact) mass is 190 g/mol. The first-order valence-corrected chi connectivity index (χ1v) is 4.19. The molecule has 0 saturated heterocycles. The van der Waals surface area contributed by atoms with Crippen molar-refractivity contribution in [3.05, 3.63) is 0 Å². The summed E-state index contributed by atoms with van der Waals surface area (Å²) in [6.45, 7) is 0.515. The lowest BCUT2D eigenvalue weighted by Crippen LogP contribution is -2.30. The van der Waals surface area contributed by atoms with Crippen molar-refractivity contribution in [3.63, 3.8) is 0 Å². The predicted molar refractivity (Wildman–Crippen MR) is 51.1 cm³/mol. The van der Waals surface area contributed by atoms with E-state index in [1.165, 1.54) is 0 Å². The van der Waals surface area contributed by atoms with Gasteiger partial charge in [-0.05, 0) is 30.7 Å². The van der Waals surface area contributed by atoms with Gasteiger partial charge in [0.25, 0.3) is 0 Å². The average Bonchev–Trinajstić information content (AvgIpc) is 2.00. The molecular formula is C7H14N2O2S. The minimum absolute atomic E-state index is 0.397. The Morgan fingerprint density at radius 1 is 1.50 bits per heavy atom. The number of aliphatic carboxylic acids is 1. The van der Waals surface area contributed by atoms with Gasteiger partial charge in [-0.3, -0.25) is 4.79 Å². The molecule has 0 saturated carbocycles. The van der Waals surface area contributed by atoms with Gasteiger partial charge in [-0.15, -0.1) is 0 Å². The minimum Gasteiger partial charge on any atom is -0.480 e. The van der Waals surface area contributed by atoms with Gasteiger partial charge in [-0.1, -0.05) is 12.2 Å². The van der Waals surface area contributed by atoms with Crippen LogP contribution in [-0.2, 0) is 4.79 Å². The molecule has 5 N–H and O–H groups in total. The van der Waals surface area contributed by atoms with E-state index in [1.54, 1.807) is 0 Å². The van der Waals surface area contributed by atoms with Crippen LogP contribution in [0.15, 0.2) is 0 Å². The molecule has 0 spiro atoms. The Kier molecular flexibility index (Phi) is 5.79. The Bertz CT molecular complexity index is 173. The molecule has 5 heteroatoms. The van der Waals surface area contributed by atoms with Crippen molar-refractivity contribution in [2.45, 2.75) is 25.3 Å². The molecule has 0 unspecified atom stereocenters. The van der Waals surface area contributed by atoms with Crippen LogP contribution in [0.3, 0.4) is 0 Å². The topological polar surface area (TPSA) is 89.3 Å². The van der Waals surface area contributed by atoms with Crippen molar-refractivity contribution in [1.29, 1.82) is 0 Å². The molecule has 0 heterocycles. The number of nitrogens with two attached hydrogens (primary N) is 2. The summed E-state index contributed by atoms with van der Waals surface area (Å²) in [5.74, 6) is -0.981. The Morgan fingerprint density at radius 3 is 2.50 bits per heavy atom. The summed E-state index contributed by atoms with van der Waals surface area (Å²) in [5.41, 5.74) is 10.5. The van der Waals surface area contributed by atoms with Gasteiger partial charge in [0.2, 0.25) is 0 Å². The van der Waals surface area contributed by atoms with Crippen molar-refractivity contribution in [3.8, 4) is 0 Å². The Labute approximate surface area is 76.9 Å². The lowest BCUT2D eigenvalue weighted by atomic mass is 10.1. The van der Waals surface area contributed by atoms with Crippen molar-refractivity contribution in [1.82, 2.24) is 0 Å². The van der Waals surface area contributed by atoms with Gasteiger partial charge in [0.1, 0.15) is 6.04 Å².